The summed E-state index contributed by atoms with van der Waals surface area (Å²) >= 11 is 0. The molecule has 2 rings (SSSR count). The van der Waals surface area contributed by atoms with Crippen molar-refractivity contribution in [2.75, 3.05) is 26.3 Å². The van der Waals surface area contributed by atoms with E-state index in [9.17, 15) is 9.59 Å². The predicted molar refractivity (Wildman–Crippen MR) is 99.5 cm³/mol. The maximum atomic E-state index is 12.5. The van der Waals surface area contributed by atoms with E-state index >= 15 is 0 Å². The topological polar surface area (TPSA) is 79.9 Å². The van der Waals surface area contributed by atoms with E-state index in [2.05, 4.69) is 10.6 Å². The summed E-state index contributed by atoms with van der Waals surface area (Å²) in [6.45, 7) is 11.0. The van der Waals surface area contributed by atoms with Crippen LogP contribution in [0, 0.1) is 0 Å². The zero-order valence-corrected chi connectivity index (χ0v) is 16.2. The van der Waals surface area contributed by atoms with Gasteiger partial charge in [-0.3, -0.25) is 4.79 Å². The van der Waals surface area contributed by atoms with Gasteiger partial charge in [0.1, 0.15) is 19.8 Å². The van der Waals surface area contributed by atoms with Crippen LogP contribution in [0.2, 0.25) is 0 Å². The van der Waals surface area contributed by atoms with E-state index in [0.717, 1.165) is 5.56 Å². The number of hydrogen-bond acceptors (Lipinski definition) is 4. The molecule has 7 nitrogen and oxygen atoms in total. The van der Waals surface area contributed by atoms with Crippen LogP contribution in [0.5, 0.6) is 11.5 Å². The number of carbonyl (C=O) groups is 2. The van der Waals surface area contributed by atoms with Crippen LogP contribution in [-0.2, 0) is 4.79 Å². The molecule has 0 fully saturated rings. The highest BCUT2D eigenvalue weighted by atomic mass is 16.6. The number of nitrogens with one attached hydrogen (secondary N) is 2. The van der Waals surface area contributed by atoms with Crippen LogP contribution < -0.4 is 20.1 Å². The van der Waals surface area contributed by atoms with Crippen LogP contribution in [0.4, 0.5) is 4.79 Å². The summed E-state index contributed by atoms with van der Waals surface area (Å²) in [4.78, 5) is 26.1. The van der Waals surface area contributed by atoms with Gasteiger partial charge in [-0.05, 0) is 52.3 Å². The Balaban J connectivity index is 1.97. The Bertz CT molecular complexity index is 655. The van der Waals surface area contributed by atoms with Crippen LogP contribution in [0.15, 0.2) is 18.2 Å². The predicted octanol–water partition coefficient (Wildman–Crippen LogP) is 2.46. The lowest BCUT2D eigenvalue weighted by molar-refractivity contribution is -0.123. The van der Waals surface area contributed by atoms with Crippen LogP contribution in [0.1, 0.15) is 46.2 Å². The SMILES string of the molecule is CCN(CC(=O)NC(C)(C)C)C(=O)NC(C)c1ccc2c(c1)OCCO2. The number of hydrogen-bond donors (Lipinski definition) is 2. The fourth-order valence-electron chi connectivity index (χ4n) is 2.65. The zero-order chi connectivity index (χ0) is 19.3. The van der Waals surface area contributed by atoms with Crippen LogP contribution in [0.3, 0.4) is 0 Å². The molecule has 1 aromatic rings. The summed E-state index contributed by atoms with van der Waals surface area (Å²) in [5, 5.41) is 5.80. The molecular formula is C19H29N3O4. The molecule has 26 heavy (non-hydrogen) atoms. The number of fused-ring (bicyclic) bond motifs is 1. The molecule has 0 bridgehead atoms. The maximum Gasteiger partial charge on any atom is 0.318 e. The minimum atomic E-state index is -0.328. The van der Waals surface area contributed by atoms with E-state index in [1.165, 1.54) is 4.90 Å². The quantitative estimate of drug-likeness (QED) is 0.842. The third kappa shape index (κ3) is 5.54. The molecule has 0 saturated carbocycles. The van der Waals surface area contributed by atoms with Gasteiger partial charge >= 0.3 is 6.03 Å². The molecule has 1 aliphatic heterocycles. The molecule has 0 saturated heterocycles. The molecule has 0 aliphatic carbocycles. The molecule has 144 valence electrons. The number of amides is 3. The Morgan fingerprint density at radius 1 is 1.19 bits per heavy atom. The number of carbonyl (C=O) groups excluding carboxylic acids is 2. The first-order valence-electron chi connectivity index (χ1n) is 8.95. The second-order valence-corrected chi connectivity index (χ2v) is 7.39. The van der Waals surface area contributed by atoms with Crippen LogP contribution in [0.25, 0.3) is 0 Å². The highest BCUT2D eigenvalue weighted by Gasteiger charge is 2.21. The van der Waals surface area contributed by atoms with Crippen molar-refractivity contribution < 1.29 is 19.1 Å². The first-order valence-corrected chi connectivity index (χ1v) is 8.95. The zero-order valence-electron chi connectivity index (χ0n) is 16.2. The third-order valence-corrected chi connectivity index (χ3v) is 3.92. The number of benzene rings is 1. The fourth-order valence-corrected chi connectivity index (χ4v) is 2.65. The van der Waals surface area contributed by atoms with Gasteiger partial charge in [-0.25, -0.2) is 4.79 Å². The molecule has 2 N–H and O–H groups in total. The number of rotatable bonds is 5. The van der Waals surface area contributed by atoms with E-state index < -0.39 is 0 Å². The average molecular weight is 363 g/mol. The van der Waals surface area contributed by atoms with Crippen molar-refractivity contribution >= 4 is 11.9 Å². The molecule has 0 aromatic heterocycles. The second-order valence-electron chi connectivity index (χ2n) is 7.39. The van der Waals surface area contributed by atoms with Gasteiger partial charge in [-0.2, -0.15) is 0 Å². The summed E-state index contributed by atoms with van der Waals surface area (Å²) in [6.07, 6.45) is 0. The van der Waals surface area contributed by atoms with Gasteiger partial charge in [-0.15, -0.1) is 0 Å². The van der Waals surface area contributed by atoms with Crippen LogP contribution >= 0.6 is 0 Å². The minimum absolute atomic E-state index is 0.0213. The monoisotopic (exact) mass is 363 g/mol. The molecule has 1 unspecified atom stereocenters. The highest BCUT2D eigenvalue weighted by Crippen LogP contribution is 2.32. The maximum absolute atomic E-state index is 12.5. The third-order valence-electron chi connectivity index (χ3n) is 3.92. The van der Waals surface area contributed by atoms with Gasteiger partial charge < -0.3 is 25.0 Å². The average Bonchev–Trinajstić information content (AvgIpc) is 2.57. The molecule has 7 heteroatoms. The highest BCUT2D eigenvalue weighted by molar-refractivity contribution is 5.84. The normalized spacial score (nSPS) is 14.3. The summed E-state index contributed by atoms with van der Waals surface area (Å²) in [7, 11) is 0. The van der Waals surface area contributed by atoms with E-state index in [4.69, 9.17) is 9.47 Å². The molecule has 0 radical (unpaired) electrons. The Morgan fingerprint density at radius 3 is 2.46 bits per heavy atom. The first-order chi connectivity index (χ1) is 12.2. The lowest BCUT2D eigenvalue weighted by Gasteiger charge is -2.27. The Morgan fingerprint density at radius 2 is 1.85 bits per heavy atom. The lowest BCUT2D eigenvalue weighted by atomic mass is 10.1. The van der Waals surface area contributed by atoms with E-state index in [0.29, 0.717) is 31.3 Å². The molecule has 3 amide bonds. The number of nitrogens with zero attached hydrogens (tertiary/aromatic N) is 1. The van der Waals surface area contributed by atoms with Crippen molar-refractivity contribution in [3.8, 4) is 11.5 Å². The number of urea groups is 1. The van der Waals surface area contributed by atoms with Gasteiger partial charge in [0, 0.05) is 12.1 Å². The molecular weight excluding hydrogens is 334 g/mol. The van der Waals surface area contributed by atoms with Crippen molar-refractivity contribution in [3.05, 3.63) is 23.8 Å². The number of ether oxygens (including phenoxy) is 2. The van der Waals surface area contributed by atoms with Gasteiger partial charge in [0.05, 0.1) is 6.04 Å². The lowest BCUT2D eigenvalue weighted by Crippen LogP contribution is -2.49. The summed E-state index contributed by atoms with van der Waals surface area (Å²) < 4.78 is 11.1. The van der Waals surface area contributed by atoms with Gasteiger partial charge in [-0.1, -0.05) is 6.07 Å². The molecule has 1 aromatic carbocycles. The van der Waals surface area contributed by atoms with Crippen molar-refractivity contribution in [2.45, 2.75) is 46.2 Å². The van der Waals surface area contributed by atoms with Crippen molar-refractivity contribution in [1.29, 1.82) is 0 Å². The Kier molecular flexibility index (Phi) is 6.34. The largest absolute Gasteiger partial charge is 0.486 e. The van der Waals surface area contributed by atoms with Crippen LogP contribution in [-0.4, -0.2) is 48.7 Å². The number of likely N-dealkylation sites (N-methyl/N-ethyl adjacent to an activating group) is 1. The minimum Gasteiger partial charge on any atom is -0.486 e. The summed E-state index contributed by atoms with van der Waals surface area (Å²) in [6, 6.07) is 5.13. The fraction of sp³-hybridized carbons (Fsp3) is 0.579. The Hall–Kier alpha value is -2.44. The Labute approximate surface area is 155 Å². The van der Waals surface area contributed by atoms with Gasteiger partial charge in [0.2, 0.25) is 5.91 Å². The van der Waals surface area contributed by atoms with Crippen molar-refractivity contribution in [2.24, 2.45) is 0 Å². The van der Waals surface area contributed by atoms with E-state index in [-0.39, 0.29) is 30.1 Å². The molecule has 0 spiro atoms. The standard InChI is InChI=1S/C19H29N3O4/c1-6-22(12-17(23)21-19(3,4)5)18(24)20-13(2)14-7-8-15-16(11-14)26-10-9-25-15/h7-8,11,13H,6,9-10,12H2,1-5H3,(H,20,24)(H,21,23). The van der Waals surface area contributed by atoms with E-state index in [1.807, 2.05) is 52.8 Å². The van der Waals surface area contributed by atoms with Gasteiger partial charge in [0.25, 0.3) is 0 Å². The van der Waals surface area contributed by atoms with Gasteiger partial charge in [0.15, 0.2) is 11.5 Å². The van der Waals surface area contributed by atoms with Crippen molar-refractivity contribution in [3.63, 3.8) is 0 Å². The molecule has 1 heterocycles. The first kappa shape index (κ1) is 19.9. The second kappa shape index (κ2) is 8.29. The molecule has 1 aliphatic rings. The smallest absolute Gasteiger partial charge is 0.318 e. The summed E-state index contributed by atoms with van der Waals surface area (Å²) in [5.41, 5.74) is 0.587. The van der Waals surface area contributed by atoms with Crippen molar-refractivity contribution in [1.82, 2.24) is 15.5 Å². The molecule has 1 atom stereocenters. The van der Waals surface area contributed by atoms with E-state index in [1.54, 1.807) is 0 Å². The summed E-state index contributed by atoms with van der Waals surface area (Å²) in [5.74, 6) is 1.22.